The Morgan fingerprint density at radius 3 is 2.19 bits per heavy atom. The van der Waals surface area contributed by atoms with Gasteiger partial charge in [0.1, 0.15) is 5.70 Å². The van der Waals surface area contributed by atoms with Gasteiger partial charge in [0, 0.05) is 49.0 Å². The largest absolute Gasteiger partial charge is 0.368 e. The number of hydrogen-bond acceptors (Lipinski definition) is 4. The van der Waals surface area contributed by atoms with Crippen molar-refractivity contribution in [3.63, 3.8) is 0 Å². The molecule has 0 aromatic heterocycles. The van der Waals surface area contributed by atoms with E-state index >= 15 is 0 Å². The number of nitrogens with zero attached hydrogens (tertiary/aromatic N) is 3. The molecule has 31 heavy (non-hydrogen) atoms. The molecule has 0 spiro atoms. The second-order valence-corrected chi connectivity index (χ2v) is 8.62. The third-order valence-electron chi connectivity index (χ3n) is 5.80. The van der Waals surface area contributed by atoms with Crippen LogP contribution in [0.15, 0.2) is 54.2 Å². The number of imide groups is 1. The lowest BCUT2D eigenvalue weighted by atomic mass is 10.0. The summed E-state index contributed by atoms with van der Waals surface area (Å²) in [6.07, 6.45) is 1.67. The van der Waals surface area contributed by atoms with Gasteiger partial charge in [0.05, 0.1) is 10.6 Å². The highest BCUT2D eigenvalue weighted by molar-refractivity contribution is 6.41. The summed E-state index contributed by atoms with van der Waals surface area (Å²) in [4.78, 5) is 32.4. The van der Waals surface area contributed by atoms with Crippen molar-refractivity contribution in [3.8, 4) is 0 Å². The van der Waals surface area contributed by atoms with E-state index in [0.29, 0.717) is 46.5 Å². The molecule has 0 radical (unpaired) electrons. The molecule has 0 atom stereocenters. The van der Waals surface area contributed by atoms with Crippen LogP contribution in [0.2, 0.25) is 10.0 Å². The fraction of sp³-hybridized carbons (Fsp3) is 0.333. The fourth-order valence-electron chi connectivity index (χ4n) is 4.14. The molecule has 0 N–H and O–H groups in total. The molecular formula is C24H25Cl2N3O2. The van der Waals surface area contributed by atoms with Crippen molar-refractivity contribution in [2.75, 3.05) is 37.6 Å². The Balaban J connectivity index is 1.66. The lowest BCUT2D eigenvalue weighted by Gasteiger charge is -2.37. The number of hydrogen-bond donors (Lipinski definition) is 0. The van der Waals surface area contributed by atoms with Crippen LogP contribution in [0.3, 0.4) is 0 Å². The van der Waals surface area contributed by atoms with Crippen LogP contribution in [0, 0.1) is 0 Å². The van der Waals surface area contributed by atoms with Gasteiger partial charge in [-0.25, -0.2) is 0 Å². The van der Waals surface area contributed by atoms with Crippen molar-refractivity contribution in [1.82, 2.24) is 9.80 Å². The number of carbonyl (C=O) groups is 2. The molecule has 2 aromatic carbocycles. The van der Waals surface area contributed by atoms with Crippen LogP contribution in [-0.4, -0.2) is 54.3 Å². The zero-order valence-electron chi connectivity index (χ0n) is 17.5. The number of anilines is 1. The Labute approximate surface area is 192 Å². The molecule has 7 heteroatoms. The lowest BCUT2D eigenvalue weighted by molar-refractivity contribution is -0.137. The molecule has 1 saturated heterocycles. The van der Waals surface area contributed by atoms with Gasteiger partial charge in [0.15, 0.2) is 0 Å². The Bertz CT molecular complexity index is 1010. The molecule has 2 heterocycles. The van der Waals surface area contributed by atoms with E-state index in [9.17, 15) is 9.59 Å². The molecular weight excluding hydrogens is 433 g/mol. The topological polar surface area (TPSA) is 43.9 Å². The molecule has 0 unspecified atom stereocenters. The third-order valence-corrected chi connectivity index (χ3v) is 6.34. The zero-order valence-corrected chi connectivity index (χ0v) is 19.0. The molecule has 2 aliphatic heterocycles. The van der Waals surface area contributed by atoms with Crippen LogP contribution in [0.4, 0.5) is 5.69 Å². The maximum absolute atomic E-state index is 13.4. The minimum atomic E-state index is -0.275. The Morgan fingerprint density at radius 1 is 0.871 bits per heavy atom. The second-order valence-electron chi connectivity index (χ2n) is 7.77. The van der Waals surface area contributed by atoms with Crippen LogP contribution in [0.25, 0.3) is 5.57 Å². The van der Waals surface area contributed by atoms with Gasteiger partial charge in [-0.15, -0.1) is 0 Å². The predicted octanol–water partition coefficient (Wildman–Crippen LogP) is 4.70. The van der Waals surface area contributed by atoms with Gasteiger partial charge in [-0.2, -0.15) is 0 Å². The SMILES string of the molecule is CCCCN1C(=O)C(c2ccc(Cl)cc2Cl)=C(N2CCN(c3ccccc3)CC2)C1=O. The van der Waals surface area contributed by atoms with Gasteiger partial charge in [-0.3, -0.25) is 14.5 Å². The van der Waals surface area contributed by atoms with Gasteiger partial charge in [-0.1, -0.05) is 60.8 Å². The summed E-state index contributed by atoms with van der Waals surface area (Å²) in [6.45, 7) is 5.30. The maximum Gasteiger partial charge on any atom is 0.277 e. The van der Waals surface area contributed by atoms with Gasteiger partial charge in [0.2, 0.25) is 0 Å². The molecule has 5 nitrogen and oxygen atoms in total. The molecule has 2 aliphatic rings. The number of amides is 2. The monoisotopic (exact) mass is 457 g/mol. The van der Waals surface area contributed by atoms with E-state index < -0.39 is 0 Å². The molecule has 4 rings (SSSR count). The predicted molar refractivity (Wildman–Crippen MR) is 125 cm³/mol. The van der Waals surface area contributed by atoms with E-state index in [0.717, 1.165) is 31.6 Å². The average Bonchev–Trinajstić information content (AvgIpc) is 3.02. The van der Waals surface area contributed by atoms with Crippen LogP contribution < -0.4 is 4.90 Å². The highest BCUT2D eigenvalue weighted by Crippen LogP contribution is 2.36. The smallest absolute Gasteiger partial charge is 0.277 e. The highest BCUT2D eigenvalue weighted by Gasteiger charge is 2.42. The molecule has 162 valence electrons. The number of unbranched alkanes of at least 4 members (excludes halogenated alkanes) is 1. The second kappa shape index (κ2) is 9.33. The van der Waals surface area contributed by atoms with Crippen molar-refractivity contribution in [3.05, 3.63) is 69.8 Å². The normalized spacial score (nSPS) is 17.2. The number of piperazine rings is 1. The van der Waals surface area contributed by atoms with Crippen molar-refractivity contribution >= 4 is 46.3 Å². The summed E-state index contributed by atoms with van der Waals surface area (Å²) in [7, 11) is 0. The number of benzene rings is 2. The first-order chi connectivity index (χ1) is 15.0. The van der Waals surface area contributed by atoms with E-state index in [4.69, 9.17) is 23.2 Å². The number of halogens is 2. The van der Waals surface area contributed by atoms with E-state index in [1.807, 2.05) is 30.0 Å². The van der Waals surface area contributed by atoms with Crippen molar-refractivity contribution in [1.29, 1.82) is 0 Å². The number of rotatable bonds is 6. The minimum Gasteiger partial charge on any atom is -0.368 e. The summed E-state index contributed by atoms with van der Waals surface area (Å²) in [5.41, 5.74) is 2.56. The van der Waals surface area contributed by atoms with E-state index in [-0.39, 0.29) is 11.8 Å². The van der Waals surface area contributed by atoms with E-state index in [1.165, 1.54) is 4.90 Å². The zero-order chi connectivity index (χ0) is 22.0. The van der Waals surface area contributed by atoms with E-state index in [2.05, 4.69) is 17.0 Å². The standard InChI is InChI=1S/C24H25Cl2N3O2/c1-2-3-11-29-23(30)21(19-10-9-17(25)16-20(19)26)22(24(29)31)28-14-12-27(13-15-28)18-7-5-4-6-8-18/h4-10,16H,2-3,11-15H2,1H3. The summed E-state index contributed by atoms with van der Waals surface area (Å²) >= 11 is 12.5. The first kappa shape index (κ1) is 21.7. The Kier molecular flexibility index (Phi) is 6.54. The Morgan fingerprint density at radius 2 is 1.55 bits per heavy atom. The molecule has 1 fully saturated rings. The highest BCUT2D eigenvalue weighted by atomic mass is 35.5. The summed E-state index contributed by atoms with van der Waals surface area (Å²) in [6, 6.07) is 15.3. The van der Waals surface area contributed by atoms with Crippen LogP contribution >= 0.6 is 23.2 Å². The van der Waals surface area contributed by atoms with Crippen molar-refractivity contribution < 1.29 is 9.59 Å². The molecule has 2 aromatic rings. The lowest BCUT2D eigenvalue weighted by Crippen LogP contribution is -2.47. The molecule has 0 aliphatic carbocycles. The maximum atomic E-state index is 13.4. The number of para-hydroxylation sites is 1. The number of carbonyl (C=O) groups excluding carboxylic acids is 2. The van der Waals surface area contributed by atoms with Crippen LogP contribution in [-0.2, 0) is 9.59 Å². The summed E-state index contributed by atoms with van der Waals surface area (Å²) < 4.78 is 0. The van der Waals surface area contributed by atoms with E-state index in [1.54, 1.807) is 18.2 Å². The molecule has 0 bridgehead atoms. The summed E-state index contributed by atoms with van der Waals surface area (Å²) in [5.74, 6) is -0.504. The minimum absolute atomic E-state index is 0.229. The van der Waals surface area contributed by atoms with Crippen LogP contribution in [0.1, 0.15) is 25.3 Å². The molecule has 2 amide bonds. The molecule has 0 saturated carbocycles. The first-order valence-electron chi connectivity index (χ1n) is 10.6. The fourth-order valence-corrected chi connectivity index (χ4v) is 4.64. The third kappa shape index (κ3) is 4.30. The van der Waals surface area contributed by atoms with Gasteiger partial charge < -0.3 is 9.80 Å². The Hall–Kier alpha value is -2.50. The van der Waals surface area contributed by atoms with Gasteiger partial charge >= 0.3 is 0 Å². The van der Waals surface area contributed by atoms with Gasteiger partial charge in [-0.05, 0) is 30.7 Å². The van der Waals surface area contributed by atoms with Crippen molar-refractivity contribution in [2.24, 2.45) is 0 Å². The summed E-state index contributed by atoms with van der Waals surface area (Å²) in [5, 5.41) is 0.869. The first-order valence-corrected chi connectivity index (χ1v) is 11.4. The van der Waals surface area contributed by atoms with Crippen LogP contribution in [0.5, 0.6) is 0 Å². The van der Waals surface area contributed by atoms with Gasteiger partial charge in [0.25, 0.3) is 11.8 Å². The van der Waals surface area contributed by atoms with Crippen molar-refractivity contribution in [2.45, 2.75) is 19.8 Å². The quantitative estimate of drug-likeness (QED) is 0.589. The average molecular weight is 458 g/mol.